The van der Waals surface area contributed by atoms with Gasteiger partial charge in [0, 0.05) is 31.0 Å². The number of hydrogen-bond acceptors (Lipinski definition) is 2. The molecule has 3 rings (SSSR count). The minimum absolute atomic E-state index is 0.167. The predicted molar refractivity (Wildman–Crippen MR) is 110 cm³/mol. The minimum atomic E-state index is -0.460. The van der Waals surface area contributed by atoms with Crippen LogP contribution in [0.2, 0.25) is 0 Å². The van der Waals surface area contributed by atoms with Crippen LogP contribution in [0, 0.1) is 5.82 Å². The van der Waals surface area contributed by atoms with E-state index in [1.807, 2.05) is 79.7 Å². The number of rotatable bonds is 5. The number of nitrogens with one attached hydrogen (secondary N) is 1. The Kier molecular flexibility index (Phi) is 5.55. The van der Waals surface area contributed by atoms with E-state index in [2.05, 4.69) is 5.32 Å². The molecule has 0 saturated heterocycles. The van der Waals surface area contributed by atoms with Crippen LogP contribution in [0.25, 0.3) is 11.1 Å². The Morgan fingerprint density at radius 1 is 0.963 bits per heavy atom. The minimum Gasteiger partial charge on any atom is -0.378 e. The normalized spacial score (nSPS) is 11.7. The number of halogens is 1. The number of carbonyl (C=O) groups is 1. The molecule has 1 atom stereocenters. The maximum absolute atomic E-state index is 14.6. The molecular weight excluding hydrogens is 339 g/mol. The fourth-order valence-corrected chi connectivity index (χ4v) is 2.90. The highest BCUT2D eigenvalue weighted by Crippen LogP contribution is 2.27. The summed E-state index contributed by atoms with van der Waals surface area (Å²) in [6, 6.07) is 22.0. The second-order valence-corrected chi connectivity index (χ2v) is 6.76. The van der Waals surface area contributed by atoms with E-state index in [9.17, 15) is 9.18 Å². The first-order chi connectivity index (χ1) is 13.0. The zero-order valence-corrected chi connectivity index (χ0v) is 15.7. The number of hydrogen-bond donors (Lipinski definition) is 1. The molecule has 0 bridgehead atoms. The SMILES string of the molecule is CC(C(=O)Nc1ccc(N(C)C)cc1)c1ccc(-c2ccccc2)c(F)c1. The van der Waals surface area contributed by atoms with Gasteiger partial charge in [-0.15, -0.1) is 0 Å². The molecule has 0 fully saturated rings. The highest BCUT2D eigenvalue weighted by atomic mass is 19.1. The van der Waals surface area contributed by atoms with Crippen molar-refractivity contribution in [2.45, 2.75) is 12.8 Å². The van der Waals surface area contributed by atoms with Crippen LogP contribution in [-0.2, 0) is 4.79 Å². The summed E-state index contributed by atoms with van der Waals surface area (Å²) in [5.74, 6) is -0.953. The van der Waals surface area contributed by atoms with Crippen molar-refractivity contribution < 1.29 is 9.18 Å². The van der Waals surface area contributed by atoms with E-state index in [0.29, 0.717) is 11.1 Å². The largest absolute Gasteiger partial charge is 0.378 e. The first-order valence-electron chi connectivity index (χ1n) is 8.89. The van der Waals surface area contributed by atoms with Gasteiger partial charge in [-0.1, -0.05) is 42.5 Å². The monoisotopic (exact) mass is 362 g/mol. The highest BCUT2D eigenvalue weighted by Gasteiger charge is 2.17. The van der Waals surface area contributed by atoms with Gasteiger partial charge in [-0.2, -0.15) is 0 Å². The van der Waals surface area contributed by atoms with Gasteiger partial charge in [-0.05, 0) is 48.4 Å². The number of benzene rings is 3. The molecule has 1 unspecified atom stereocenters. The molecule has 3 nitrogen and oxygen atoms in total. The van der Waals surface area contributed by atoms with E-state index >= 15 is 0 Å². The van der Waals surface area contributed by atoms with Crippen LogP contribution in [0.5, 0.6) is 0 Å². The van der Waals surface area contributed by atoms with Crippen molar-refractivity contribution >= 4 is 17.3 Å². The van der Waals surface area contributed by atoms with E-state index in [-0.39, 0.29) is 11.7 Å². The third-order valence-electron chi connectivity index (χ3n) is 4.62. The van der Waals surface area contributed by atoms with E-state index < -0.39 is 5.92 Å². The first-order valence-corrected chi connectivity index (χ1v) is 8.89. The molecule has 27 heavy (non-hydrogen) atoms. The lowest BCUT2D eigenvalue weighted by Gasteiger charge is -2.16. The van der Waals surface area contributed by atoms with Gasteiger partial charge < -0.3 is 10.2 Å². The van der Waals surface area contributed by atoms with Crippen molar-refractivity contribution in [3.05, 3.63) is 84.2 Å². The summed E-state index contributed by atoms with van der Waals surface area (Å²) in [5, 5.41) is 2.89. The van der Waals surface area contributed by atoms with E-state index in [1.54, 1.807) is 13.0 Å². The average Bonchev–Trinajstić information content (AvgIpc) is 2.68. The Morgan fingerprint density at radius 2 is 1.63 bits per heavy atom. The highest BCUT2D eigenvalue weighted by molar-refractivity contribution is 5.95. The van der Waals surface area contributed by atoms with Crippen molar-refractivity contribution in [1.82, 2.24) is 0 Å². The molecule has 4 heteroatoms. The lowest BCUT2D eigenvalue weighted by Crippen LogP contribution is -2.19. The molecule has 138 valence electrons. The van der Waals surface area contributed by atoms with Crippen LogP contribution in [0.1, 0.15) is 18.4 Å². The van der Waals surface area contributed by atoms with Crippen molar-refractivity contribution in [2.75, 3.05) is 24.3 Å². The molecule has 0 radical (unpaired) electrons. The summed E-state index contributed by atoms with van der Waals surface area (Å²) in [5.41, 5.74) is 3.78. The van der Waals surface area contributed by atoms with Gasteiger partial charge in [0.05, 0.1) is 5.92 Å². The summed E-state index contributed by atoms with van der Waals surface area (Å²) >= 11 is 0. The Bertz CT molecular complexity index is 921. The molecule has 0 saturated carbocycles. The van der Waals surface area contributed by atoms with Gasteiger partial charge in [0.2, 0.25) is 5.91 Å². The lowest BCUT2D eigenvalue weighted by atomic mass is 9.96. The first kappa shape index (κ1) is 18.6. The van der Waals surface area contributed by atoms with Crippen LogP contribution < -0.4 is 10.2 Å². The molecule has 1 N–H and O–H groups in total. The van der Waals surface area contributed by atoms with Crippen molar-refractivity contribution in [3.8, 4) is 11.1 Å². The number of anilines is 2. The van der Waals surface area contributed by atoms with Crippen molar-refractivity contribution in [1.29, 1.82) is 0 Å². The maximum Gasteiger partial charge on any atom is 0.231 e. The number of carbonyl (C=O) groups excluding carboxylic acids is 1. The smallest absolute Gasteiger partial charge is 0.231 e. The fraction of sp³-hybridized carbons (Fsp3) is 0.174. The fourth-order valence-electron chi connectivity index (χ4n) is 2.90. The zero-order chi connectivity index (χ0) is 19.4. The number of nitrogens with zero attached hydrogens (tertiary/aromatic N) is 1. The number of amides is 1. The van der Waals surface area contributed by atoms with Gasteiger partial charge in [0.25, 0.3) is 0 Å². The van der Waals surface area contributed by atoms with E-state index in [0.717, 1.165) is 16.9 Å². The second-order valence-electron chi connectivity index (χ2n) is 6.76. The molecule has 0 aliphatic carbocycles. The molecule has 1 amide bonds. The van der Waals surface area contributed by atoms with Gasteiger partial charge in [-0.25, -0.2) is 4.39 Å². The van der Waals surface area contributed by atoms with Crippen LogP contribution in [0.15, 0.2) is 72.8 Å². The standard InChI is InChI=1S/C23H23FN2O/c1-16(23(27)25-19-10-12-20(13-11-19)26(2)3)18-9-14-21(22(24)15-18)17-7-5-4-6-8-17/h4-16H,1-3H3,(H,25,27). The van der Waals surface area contributed by atoms with Crippen LogP contribution in [0.4, 0.5) is 15.8 Å². The van der Waals surface area contributed by atoms with Gasteiger partial charge in [0.15, 0.2) is 0 Å². The summed E-state index contributed by atoms with van der Waals surface area (Å²) < 4.78 is 14.6. The molecule has 0 spiro atoms. The van der Waals surface area contributed by atoms with Gasteiger partial charge >= 0.3 is 0 Å². The third-order valence-corrected chi connectivity index (χ3v) is 4.62. The van der Waals surface area contributed by atoms with Gasteiger partial charge in [0.1, 0.15) is 5.82 Å². The molecule has 0 heterocycles. The quantitative estimate of drug-likeness (QED) is 0.668. The molecule has 0 aliphatic rings. The topological polar surface area (TPSA) is 32.3 Å². The molecular formula is C23H23FN2O. The summed E-state index contributed by atoms with van der Waals surface area (Å²) in [6.45, 7) is 1.78. The summed E-state index contributed by atoms with van der Waals surface area (Å²) in [4.78, 5) is 14.5. The average molecular weight is 362 g/mol. The second kappa shape index (κ2) is 8.04. The Morgan fingerprint density at radius 3 is 2.22 bits per heavy atom. The molecule has 3 aromatic rings. The van der Waals surface area contributed by atoms with Crippen molar-refractivity contribution in [3.63, 3.8) is 0 Å². The van der Waals surface area contributed by atoms with E-state index in [1.165, 1.54) is 6.07 Å². The Balaban J connectivity index is 1.74. The van der Waals surface area contributed by atoms with E-state index in [4.69, 9.17) is 0 Å². The molecule has 0 aliphatic heterocycles. The summed E-state index contributed by atoms with van der Waals surface area (Å²) in [7, 11) is 3.92. The molecule has 3 aromatic carbocycles. The zero-order valence-electron chi connectivity index (χ0n) is 15.7. The predicted octanol–water partition coefficient (Wildman–Crippen LogP) is 5.30. The van der Waals surface area contributed by atoms with Crippen LogP contribution in [0.3, 0.4) is 0 Å². The summed E-state index contributed by atoms with van der Waals surface area (Å²) in [6.07, 6.45) is 0. The lowest BCUT2D eigenvalue weighted by molar-refractivity contribution is -0.117. The Labute approximate surface area is 159 Å². The van der Waals surface area contributed by atoms with Crippen LogP contribution >= 0.6 is 0 Å². The maximum atomic E-state index is 14.6. The molecule has 0 aromatic heterocycles. The van der Waals surface area contributed by atoms with Crippen molar-refractivity contribution in [2.24, 2.45) is 0 Å². The Hall–Kier alpha value is -3.14. The third kappa shape index (κ3) is 4.34. The van der Waals surface area contributed by atoms with Gasteiger partial charge in [-0.3, -0.25) is 4.79 Å². The van der Waals surface area contributed by atoms with Crippen LogP contribution in [-0.4, -0.2) is 20.0 Å².